The first-order valence-corrected chi connectivity index (χ1v) is 7.61. The van der Waals surface area contributed by atoms with E-state index in [9.17, 15) is 4.79 Å². The minimum absolute atomic E-state index is 0. The van der Waals surface area contributed by atoms with Crippen LogP contribution in [0.25, 0.3) is 5.82 Å². The average Bonchev–Trinajstić information content (AvgIpc) is 3.12. The van der Waals surface area contributed by atoms with E-state index in [1.807, 2.05) is 36.9 Å². The average molecular weight is 372 g/mol. The van der Waals surface area contributed by atoms with Gasteiger partial charge < -0.3 is 10.6 Å². The summed E-state index contributed by atoms with van der Waals surface area (Å²) >= 11 is 0. The molecule has 3 heterocycles. The van der Waals surface area contributed by atoms with Gasteiger partial charge in [0.1, 0.15) is 0 Å². The topological polar surface area (TPSA) is 77.0 Å². The zero-order chi connectivity index (χ0) is 15.7. The highest BCUT2D eigenvalue weighted by Crippen LogP contribution is 2.19. The molecule has 3 rings (SSSR count). The lowest BCUT2D eigenvalue weighted by molar-refractivity contribution is 0.0741. The summed E-state index contributed by atoms with van der Waals surface area (Å²) < 4.78 is 1.78. The van der Waals surface area contributed by atoms with Gasteiger partial charge >= 0.3 is 0 Å². The number of hydrogen-bond acceptors (Lipinski definition) is 4. The lowest BCUT2D eigenvalue weighted by Gasteiger charge is -2.23. The predicted octanol–water partition coefficient (Wildman–Crippen LogP) is 2.29. The van der Waals surface area contributed by atoms with E-state index >= 15 is 0 Å². The Balaban J connectivity index is 0.00000144. The van der Waals surface area contributed by atoms with Crippen molar-refractivity contribution < 1.29 is 4.79 Å². The molecule has 6 nitrogen and oxygen atoms in total. The van der Waals surface area contributed by atoms with Crippen molar-refractivity contribution in [2.75, 3.05) is 13.1 Å². The molecule has 0 saturated carbocycles. The largest absolute Gasteiger partial charge is 0.334 e. The molecule has 1 aliphatic rings. The second-order valence-corrected chi connectivity index (χ2v) is 5.77. The molecule has 1 saturated heterocycles. The fourth-order valence-electron chi connectivity index (χ4n) is 3.01. The molecule has 1 amide bonds. The lowest BCUT2D eigenvalue weighted by Crippen LogP contribution is -2.39. The maximum absolute atomic E-state index is 12.5. The maximum Gasteiger partial charge on any atom is 0.255 e. The van der Waals surface area contributed by atoms with E-state index in [1.54, 1.807) is 10.9 Å². The number of pyridine rings is 1. The highest BCUT2D eigenvalue weighted by Gasteiger charge is 2.28. The van der Waals surface area contributed by atoms with Crippen LogP contribution in [0.3, 0.4) is 0 Å². The second-order valence-electron chi connectivity index (χ2n) is 5.77. The number of amides is 1. The molecule has 8 heteroatoms. The van der Waals surface area contributed by atoms with Crippen molar-refractivity contribution in [2.45, 2.75) is 32.7 Å². The van der Waals surface area contributed by atoms with Gasteiger partial charge in [-0.25, -0.2) is 9.67 Å². The minimum Gasteiger partial charge on any atom is -0.334 e. The van der Waals surface area contributed by atoms with Crippen LogP contribution in [0.5, 0.6) is 0 Å². The van der Waals surface area contributed by atoms with Crippen molar-refractivity contribution in [3.05, 3.63) is 41.3 Å². The monoisotopic (exact) mass is 371 g/mol. The molecule has 0 aliphatic carbocycles. The fraction of sp³-hybridized carbons (Fsp3) is 0.438. The molecule has 2 N–H and O–H groups in total. The molecule has 1 fully saturated rings. The highest BCUT2D eigenvalue weighted by atomic mass is 35.5. The Bertz CT molecular complexity index is 686. The Kier molecular flexibility index (Phi) is 7.20. The smallest absolute Gasteiger partial charge is 0.255 e. The maximum atomic E-state index is 12.5. The molecule has 0 spiro atoms. The van der Waals surface area contributed by atoms with Crippen molar-refractivity contribution in [2.24, 2.45) is 5.73 Å². The number of likely N-dealkylation sites (tertiary alicyclic amines) is 1. The zero-order valence-corrected chi connectivity index (χ0v) is 15.4. The van der Waals surface area contributed by atoms with Crippen molar-refractivity contribution >= 4 is 30.7 Å². The van der Waals surface area contributed by atoms with E-state index in [-0.39, 0.29) is 36.8 Å². The zero-order valence-electron chi connectivity index (χ0n) is 13.8. The summed E-state index contributed by atoms with van der Waals surface area (Å²) in [6.07, 6.45) is 3.63. The molecule has 24 heavy (non-hydrogen) atoms. The molecule has 1 atom stereocenters. The lowest BCUT2D eigenvalue weighted by atomic mass is 10.2. The van der Waals surface area contributed by atoms with Crippen LogP contribution in [0.1, 0.15) is 34.6 Å². The summed E-state index contributed by atoms with van der Waals surface area (Å²) in [6.45, 7) is 5.22. The van der Waals surface area contributed by atoms with Gasteiger partial charge in [-0.05, 0) is 44.9 Å². The summed E-state index contributed by atoms with van der Waals surface area (Å²) in [5.74, 6) is 0.735. The van der Waals surface area contributed by atoms with Crippen LogP contribution in [0, 0.1) is 13.8 Å². The Labute approximate surface area is 154 Å². The van der Waals surface area contributed by atoms with E-state index in [0.29, 0.717) is 12.1 Å². The number of hydrogen-bond donors (Lipinski definition) is 1. The van der Waals surface area contributed by atoms with Crippen molar-refractivity contribution in [1.29, 1.82) is 0 Å². The van der Waals surface area contributed by atoms with Crippen LogP contribution < -0.4 is 5.73 Å². The molecule has 2 aromatic heterocycles. The SMILES string of the molecule is Cc1cc(C)n(-c2ccc(C(=O)N3CCCC3CN)cn2)n1.Cl.Cl. The normalized spacial score (nSPS) is 16.5. The number of aryl methyl sites for hydroxylation is 2. The van der Waals surface area contributed by atoms with Gasteiger partial charge in [-0.3, -0.25) is 4.79 Å². The first-order valence-electron chi connectivity index (χ1n) is 7.61. The molecule has 1 unspecified atom stereocenters. The Hall–Kier alpha value is -1.63. The second kappa shape index (κ2) is 8.46. The van der Waals surface area contributed by atoms with E-state index in [1.165, 1.54) is 0 Å². The Morgan fingerprint density at radius 2 is 2.08 bits per heavy atom. The molecule has 2 aromatic rings. The van der Waals surface area contributed by atoms with E-state index in [2.05, 4.69) is 10.1 Å². The van der Waals surface area contributed by atoms with Crippen molar-refractivity contribution in [3.8, 4) is 5.82 Å². The van der Waals surface area contributed by atoms with Gasteiger partial charge in [0, 0.05) is 31.0 Å². The Morgan fingerprint density at radius 1 is 1.33 bits per heavy atom. The van der Waals surface area contributed by atoms with E-state index in [0.717, 1.165) is 36.6 Å². The molecule has 0 bridgehead atoms. The van der Waals surface area contributed by atoms with Crippen LogP contribution in [-0.4, -0.2) is 44.7 Å². The van der Waals surface area contributed by atoms with Gasteiger partial charge in [0.2, 0.25) is 0 Å². The van der Waals surface area contributed by atoms with Crippen LogP contribution in [0.4, 0.5) is 0 Å². The summed E-state index contributed by atoms with van der Waals surface area (Å²) in [5.41, 5.74) is 8.31. The first kappa shape index (κ1) is 20.4. The van der Waals surface area contributed by atoms with Gasteiger partial charge in [0.25, 0.3) is 5.91 Å². The number of nitrogens with zero attached hydrogens (tertiary/aromatic N) is 4. The number of rotatable bonds is 3. The summed E-state index contributed by atoms with van der Waals surface area (Å²) in [5, 5.41) is 4.40. The highest BCUT2D eigenvalue weighted by molar-refractivity contribution is 5.94. The third kappa shape index (κ3) is 3.88. The molecular weight excluding hydrogens is 349 g/mol. The quantitative estimate of drug-likeness (QED) is 0.897. The number of carbonyl (C=O) groups is 1. The number of carbonyl (C=O) groups excluding carboxylic acids is 1. The number of aromatic nitrogens is 3. The molecule has 1 aliphatic heterocycles. The van der Waals surface area contributed by atoms with E-state index in [4.69, 9.17) is 5.73 Å². The van der Waals surface area contributed by atoms with Crippen LogP contribution in [0.15, 0.2) is 24.4 Å². The first-order chi connectivity index (χ1) is 10.6. The molecular formula is C16H23Cl2N5O. The fourth-order valence-corrected chi connectivity index (χ4v) is 3.01. The van der Waals surface area contributed by atoms with Crippen molar-refractivity contribution in [1.82, 2.24) is 19.7 Å². The Morgan fingerprint density at radius 3 is 2.62 bits per heavy atom. The van der Waals surface area contributed by atoms with Crippen LogP contribution in [0.2, 0.25) is 0 Å². The summed E-state index contributed by atoms with van der Waals surface area (Å²) in [7, 11) is 0. The van der Waals surface area contributed by atoms with Gasteiger partial charge in [-0.15, -0.1) is 24.8 Å². The standard InChI is InChI=1S/C16H21N5O.2ClH/c1-11-8-12(2)21(19-11)15-6-5-13(10-18-15)16(22)20-7-3-4-14(20)9-17;;/h5-6,8,10,14H,3-4,7,9,17H2,1-2H3;2*1H. The van der Waals surface area contributed by atoms with Gasteiger partial charge in [0.15, 0.2) is 5.82 Å². The van der Waals surface area contributed by atoms with Crippen molar-refractivity contribution in [3.63, 3.8) is 0 Å². The molecule has 0 aromatic carbocycles. The van der Waals surface area contributed by atoms with Crippen LogP contribution in [-0.2, 0) is 0 Å². The third-order valence-corrected chi connectivity index (χ3v) is 4.13. The summed E-state index contributed by atoms with van der Waals surface area (Å²) in [4.78, 5) is 18.8. The predicted molar refractivity (Wildman–Crippen MR) is 98.4 cm³/mol. The van der Waals surface area contributed by atoms with Gasteiger partial charge in [-0.2, -0.15) is 5.10 Å². The van der Waals surface area contributed by atoms with Crippen LogP contribution >= 0.6 is 24.8 Å². The van der Waals surface area contributed by atoms with Gasteiger partial charge in [-0.1, -0.05) is 0 Å². The summed E-state index contributed by atoms with van der Waals surface area (Å²) in [6, 6.07) is 5.80. The van der Waals surface area contributed by atoms with E-state index < -0.39 is 0 Å². The number of halogens is 2. The molecule has 132 valence electrons. The third-order valence-electron chi connectivity index (χ3n) is 4.13. The minimum atomic E-state index is 0. The number of nitrogens with two attached hydrogens (primary N) is 1. The molecule has 0 radical (unpaired) electrons. The van der Waals surface area contributed by atoms with Gasteiger partial charge in [0.05, 0.1) is 11.3 Å².